The monoisotopic (exact) mass is 275 g/mol. The minimum Gasteiger partial charge on any atom is -0.504 e. The van der Waals surface area contributed by atoms with Crippen molar-refractivity contribution >= 4 is 12.0 Å². The second-order valence-corrected chi connectivity index (χ2v) is 3.84. The highest BCUT2D eigenvalue weighted by Gasteiger charge is 2.05. The second kappa shape index (κ2) is 5.83. The Balaban J connectivity index is 2.18. The van der Waals surface area contributed by atoms with Gasteiger partial charge in [0.25, 0.3) is 0 Å². The summed E-state index contributed by atoms with van der Waals surface area (Å²) >= 11 is 0. The summed E-state index contributed by atoms with van der Waals surface area (Å²) < 4.78 is 4.99. The molecule has 20 heavy (non-hydrogen) atoms. The number of aryl methyl sites for hydroxylation is 1. The van der Waals surface area contributed by atoms with Crippen LogP contribution >= 0.6 is 0 Å². The first-order valence-corrected chi connectivity index (χ1v) is 5.70. The van der Waals surface area contributed by atoms with E-state index in [0.717, 1.165) is 0 Å². The molecule has 1 aromatic heterocycles. The molecule has 0 aliphatic rings. The Hall–Kier alpha value is -2.90. The quantitative estimate of drug-likeness (QED) is 0.557. The van der Waals surface area contributed by atoms with Crippen LogP contribution in [0, 0.1) is 6.92 Å². The van der Waals surface area contributed by atoms with Crippen molar-refractivity contribution < 1.29 is 9.84 Å². The Labute approximate surface area is 114 Å². The molecule has 104 valence electrons. The van der Waals surface area contributed by atoms with Gasteiger partial charge in [0.05, 0.1) is 13.3 Å². The van der Waals surface area contributed by atoms with E-state index in [9.17, 15) is 9.90 Å². The standard InChI is InChI=1S/C12H13N5O3/c1-7-11(14-12(19)17-15-7)16-13-6-8-4-3-5-9(20-2)10(8)18/h3-6,18H,1-2H3,(H2,14,16,17,19)/b13-6-. The van der Waals surface area contributed by atoms with Crippen LogP contribution in [0.25, 0.3) is 0 Å². The first kappa shape index (κ1) is 13.5. The van der Waals surface area contributed by atoms with Crippen molar-refractivity contribution in [2.24, 2.45) is 5.10 Å². The summed E-state index contributed by atoms with van der Waals surface area (Å²) in [5.74, 6) is 0.572. The molecule has 0 fully saturated rings. The molecule has 2 aromatic rings. The number of nitrogens with one attached hydrogen (secondary N) is 2. The van der Waals surface area contributed by atoms with Gasteiger partial charge in [-0.1, -0.05) is 6.07 Å². The number of aromatic amines is 1. The van der Waals surface area contributed by atoms with Crippen molar-refractivity contribution in [3.05, 3.63) is 39.9 Å². The fourth-order valence-corrected chi connectivity index (χ4v) is 1.47. The van der Waals surface area contributed by atoms with Gasteiger partial charge in [-0.3, -0.25) is 5.43 Å². The highest BCUT2D eigenvalue weighted by atomic mass is 16.5. The average molecular weight is 275 g/mol. The summed E-state index contributed by atoms with van der Waals surface area (Å²) in [7, 11) is 1.46. The van der Waals surface area contributed by atoms with Crippen molar-refractivity contribution in [3.8, 4) is 11.5 Å². The average Bonchev–Trinajstić information content (AvgIpc) is 2.44. The topological polar surface area (TPSA) is 112 Å². The number of phenols is 1. The number of hydrogen-bond acceptors (Lipinski definition) is 7. The van der Waals surface area contributed by atoms with Gasteiger partial charge in [0.1, 0.15) is 5.69 Å². The second-order valence-electron chi connectivity index (χ2n) is 3.84. The van der Waals surface area contributed by atoms with Gasteiger partial charge in [0.2, 0.25) is 0 Å². The summed E-state index contributed by atoms with van der Waals surface area (Å²) in [5.41, 5.74) is 2.98. The number of phenolic OH excluding ortho intramolecular Hbond substituents is 1. The lowest BCUT2D eigenvalue weighted by Crippen LogP contribution is -2.15. The van der Waals surface area contributed by atoms with E-state index in [-0.39, 0.29) is 11.6 Å². The van der Waals surface area contributed by atoms with Gasteiger partial charge in [0.15, 0.2) is 17.3 Å². The molecular formula is C12H13N5O3. The number of H-pyrrole nitrogens is 1. The predicted molar refractivity (Wildman–Crippen MR) is 73.3 cm³/mol. The molecule has 0 bridgehead atoms. The number of hydrazone groups is 1. The van der Waals surface area contributed by atoms with Crippen molar-refractivity contribution in [3.63, 3.8) is 0 Å². The van der Waals surface area contributed by atoms with Crippen molar-refractivity contribution in [2.45, 2.75) is 6.92 Å². The molecule has 0 atom stereocenters. The molecule has 0 saturated heterocycles. The van der Waals surface area contributed by atoms with E-state index in [1.165, 1.54) is 13.3 Å². The normalized spacial score (nSPS) is 10.7. The third-order valence-corrected chi connectivity index (χ3v) is 2.50. The first-order valence-electron chi connectivity index (χ1n) is 5.70. The molecule has 8 heteroatoms. The van der Waals surface area contributed by atoms with Crippen molar-refractivity contribution in [1.82, 2.24) is 15.2 Å². The highest BCUT2D eigenvalue weighted by molar-refractivity contribution is 5.85. The van der Waals surface area contributed by atoms with E-state index >= 15 is 0 Å². The smallest absolute Gasteiger partial charge is 0.363 e. The first-order chi connectivity index (χ1) is 9.61. The van der Waals surface area contributed by atoms with E-state index in [0.29, 0.717) is 17.0 Å². The number of hydrogen-bond donors (Lipinski definition) is 3. The van der Waals surface area contributed by atoms with Gasteiger partial charge in [0, 0.05) is 5.56 Å². The summed E-state index contributed by atoms with van der Waals surface area (Å²) in [6.07, 6.45) is 1.39. The zero-order valence-corrected chi connectivity index (χ0v) is 10.9. The summed E-state index contributed by atoms with van der Waals surface area (Å²) in [6.45, 7) is 1.67. The zero-order chi connectivity index (χ0) is 14.5. The molecule has 2 rings (SSSR count). The van der Waals surface area contributed by atoms with Gasteiger partial charge < -0.3 is 9.84 Å². The Morgan fingerprint density at radius 1 is 1.50 bits per heavy atom. The molecule has 0 saturated carbocycles. The van der Waals surface area contributed by atoms with E-state index in [1.807, 2.05) is 0 Å². The number of benzene rings is 1. The lowest BCUT2D eigenvalue weighted by Gasteiger charge is -2.05. The lowest BCUT2D eigenvalue weighted by molar-refractivity contribution is 0.373. The number of ether oxygens (including phenoxy) is 1. The fraction of sp³-hybridized carbons (Fsp3) is 0.167. The SMILES string of the molecule is COc1cccc(/C=N\Nc2nc(=O)[nH]nc2C)c1O. The molecule has 0 amide bonds. The number of anilines is 1. The van der Waals surface area contributed by atoms with Crippen LogP contribution in [-0.2, 0) is 0 Å². The zero-order valence-electron chi connectivity index (χ0n) is 10.9. The van der Waals surface area contributed by atoms with Gasteiger partial charge in [-0.15, -0.1) is 0 Å². The molecule has 0 spiro atoms. The van der Waals surface area contributed by atoms with Crippen LogP contribution in [0.1, 0.15) is 11.3 Å². The van der Waals surface area contributed by atoms with Crippen LogP contribution in [0.15, 0.2) is 28.1 Å². The summed E-state index contributed by atoms with van der Waals surface area (Å²) in [6, 6.07) is 5.02. The van der Waals surface area contributed by atoms with E-state index in [2.05, 4.69) is 25.7 Å². The van der Waals surface area contributed by atoms with Crippen molar-refractivity contribution in [2.75, 3.05) is 12.5 Å². The number of aromatic hydroxyl groups is 1. The number of para-hydroxylation sites is 1. The molecule has 3 N–H and O–H groups in total. The van der Waals surface area contributed by atoms with Crippen LogP contribution in [0.2, 0.25) is 0 Å². The third kappa shape index (κ3) is 2.91. The predicted octanol–water partition coefficient (Wildman–Crippen LogP) is 0.634. The fourth-order valence-electron chi connectivity index (χ4n) is 1.47. The Morgan fingerprint density at radius 3 is 3.05 bits per heavy atom. The van der Waals surface area contributed by atoms with E-state index in [4.69, 9.17) is 4.74 Å². The number of rotatable bonds is 4. The highest BCUT2D eigenvalue weighted by Crippen LogP contribution is 2.27. The maximum absolute atomic E-state index is 11.0. The molecule has 0 aliphatic heterocycles. The Morgan fingerprint density at radius 2 is 2.30 bits per heavy atom. The van der Waals surface area contributed by atoms with Crippen LogP contribution in [0.5, 0.6) is 11.5 Å². The Kier molecular flexibility index (Phi) is 3.94. The van der Waals surface area contributed by atoms with Gasteiger partial charge >= 0.3 is 5.69 Å². The molecule has 0 radical (unpaired) electrons. The molecule has 1 heterocycles. The molecule has 0 unspecified atom stereocenters. The number of methoxy groups -OCH3 is 1. The van der Waals surface area contributed by atoms with E-state index in [1.54, 1.807) is 25.1 Å². The van der Waals surface area contributed by atoms with Crippen LogP contribution < -0.4 is 15.9 Å². The molecular weight excluding hydrogens is 262 g/mol. The Bertz CT molecular complexity index is 696. The summed E-state index contributed by atoms with van der Waals surface area (Å²) in [5, 5.41) is 19.7. The lowest BCUT2D eigenvalue weighted by atomic mass is 10.2. The van der Waals surface area contributed by atoms with Crippen LogP contribution in [0.4, 0.5) is 5.82 Å². The molecule has 0 aliphatic carbocycles. The molecule has 1 aromatic carbocycles. The van der Waals surface area contributed by atoms with Crippen LogP contribution in [-0.4, -0.2) is 33.6 Å². The van der Waals surface area contributed by atoms with Crippen LogP contribution in [0.3, 0.4) is 0 Å². The number of aromatic nitrogens is 3. The molecule has 8 nitrogen and oxygen atoms in total. The largest absolute Gasteiger partial charge is 0.504 e. The minimum absolute atomic E-state index is 0.0192. The number of nitrogens with zero attached hydrogens (tertiary/aromatic N) is 3. The van der Waals surface area contributed by atoms with Gasteiger partial charge in [-0.2, -0.15) is 15.2 Å². The van der Waals surface area contributed by atoms with E-state index < -0.39 is 5.69 Å². The summed E-state index contributed by atoms with van der Waals surface area (Å²) in [4.78, 5) is 14.7. The van der Waals surface area contributed by atoms with Gasteiger partial charge in [-0.05, 0) is 19.1 Å². The maximum Gasteiger partial charge on any atom is 0.363 e. The third-order valence-electron chi connectivity index (χ3n) is 2.50. The minimum atomic E-state index is -0.572. The van der Waals surface area contributed by atoms with Crippen molar-refractivity contribution in [1.29, 1.82) is 0 Å². The maximum atomic E-state index is 11.0. The van der Waals surface area contributed by atoms with Gasteiger partial charge in [-0.25, -0.2) is 9.89 Å².